The average Bonchev–Trinajstić information content (AvgIpc) is 3.41. The fraction of sp³-hybridized carbons (Fsp3) is 0.0714. The largest absolute Gasteiger partial charge is 0.309 e. The second-order valence-electron chi connectivity index (χ2n) is 12.4. The first kappa shape index (κ1) is 27.7. The van der Waals surface area contributed by atoms with Crippen LogP contribution in [0, 0.1) is 6.07 Å². The van der Waals surface area contributed by atoms with Crippen molar-refractivity contribution in [2.24, 2.45) is 0 Å². The Bertz CT molecular complexity index is 2410. The number of benzene rings is 6. The smallest absolute Gasteiger partial charge is 0.0582 e. The van der Waals surface area contributed by atoms with Crippen LogP contribution in [-0.2, 0) is 25.5 Å². The quantitative estimate of drug-likeness (QED) is 0.164. The van der Waals surface area contributed by atoms with Crippen LogP contribution in [0.2, 0.25) is 0 Å². The van der Waals surface area contributed by atoms with E-state index in [-0.39, 0.29) is 25.5 Å². The summed E-state index contributed by atoms with van der Waals surface area (Å²) in [5, 5.41) is 4.88. The topological polar surface area (TPSA) is 17.8 Å². The van der Waals surface area contributed by atoms with E-state index in [2.05, 4.69) is 152 Å². The summed E-state index contributed by atoms with van der Waals surface area (Å²) in [6, 6.07) is 51.8. The minimum atomic E-state index is -0.136. The third-order valence-electron chi connectivity index (χ3n) is 9.52. The number of rotatable bonds is 3. The van der Waals surface area contributed by atoms with Gasteiger partial charge in [0.25, 0.3) is 0 Å². The Hall–Kier alpha value is -4.82. The molecule has 6 aromatic carbocycles. The van der Waals surface area contributed by atoms with Gasteiger partial charge in [-0.05, 0) is 80.7 Å². The van der Waals surface area contributed by atoms with E-state index in [0.29, 0.717) is 0 Å². The van der Waals surface area contributed by atoms with Crippen molar-refractivity contribution in [2.75, 3.05) is 0 Å². The van der Waals surface area contributed by atoms with Gasteiger partial charge in [-0.15, -0.1) is 35.4 Å². The van der Waals surface area contributed by atoms with Crippen LogP contribution >= 0.6 is 0 Å². The first-order valence-corrected chi connectivity index (χ1v) is 15.2. The molecule has 3 heteroatoms. The normalized spacial score (nSPS) is 13.1. The van der Waals surface area contributed by atoms with E-state index in [0.717, 1.165) is 22.2 Å². The van der Waals surface area contributed by atoms with Crippen molar-refractivity contribution >= 4 is 32.6 Å². The van der Waals surface area contributed by atoms with E-state index in [1.165, 1.54) is 60.7 Å². The molecule has 0 saturated heterocycles. The van der Waals surface area contributed by atoms with Gasteiger partial charge in [-0.2, -0.15) is 0 Å². The Morgan fingerprint density at radius 3 is 2.24 bits per heavy atom. The predicted molar refractivity (Wildman–Crippen MR) is 183 cm³/mol. The van der Waals surface area contributed by atoms with Crippen molar-refractivity contribution in [3.8, 4) is 39.2 Å². The molecule has 0 N–H and O–H groups in total. The van der Waals surface area contributed by atoms with E-state index in [9.17, 15) is 0 Å². The molecule has 217 valence electrons. The molecule has 0 aliphatic carbocycles. The van der Waals surface area contributed by atoms with Gasteiger partial charge >= 0.3 is 0 Å². The maximum Gasteiger partial charge on any atom is 0.0582 e. The molecule has 0 bridgehead atoms. The van der Waals surface area contributed by atoms with Crippen LogP contribution in [0.4, 0.5) is 0 Å². The van der Waals surface area contributed by atoms with Gasteiger partial charge in [-0.1, -0.05) is 92.7 Å². The van der Waals surface area contributed by atoms with Crippen LogP contribution in [0.15, 0.2) is 140 Å². The number of hydrogen-bond acceptors (Lipinski definition) is 1. The minimum absolute atomic E-state index is 0. The molecule has 2 aromatic heterocycles. The van der Waals surface area contributed by atoms with Crippen molar-refractivity contribution in [3.05, 3.63) is 157 Å². The maximum atomic E-state index is 4.77. The maximum absolute atomic E-state index is 4.77. The number of nitrogens with zero attached hydrogens (tertiary/aromatic N) is 2. The van der Waals surface area contributed by atoms with Gasteiger partial charge in [-0.3, -0.25) is 0 Å². The summed E-state index contributed by atoms with van der Waals surface area (Å²) < 4.78 is 2.49. The van der Waals surface area contributed by atoms with Crippen molar-refractivity contribution in [3.63, 3.8) is 0 Å². The molecule has 3 heterocycles. The standard InChI is InChI=1S/C42H29N2.Ir/c1-42(2)36-17-8-9-18-39(36)44-38-20-19-30(24-34(38)35-25-32(26-37(42)41(35)44)27-11-4-3-5-12-27)29-14-10-15-31(23-29)40-33-16-7-6-13-28(33)21-22-43-40;/h3-14,16-26H,1-2H3;/q-1;. The van der Waals surface area contributed by atoms with E-state index in [4.69, 9.17) is 4.98 Å². The van der Waals surface area contributed by atoms with Crippen molar-refractivity contribution in [1.29, 1.82) is 0 Å². The molecule has 45 heavy (non-hydrogen) atoms. The number of aromatic nitrogens is 2. The van der Waals surface area contributed by atoms with Crippen LogP contribution < -0.4 is 0 Å². The van der Waals surface area contributed by atoms with E-state index < -0.39 is 0 Å². The van der Waals surface area contributed by atoms with E-state index in [1.807, 2.05) is 12.3 Å². The first-order valence-electron chi connectivity index (χ1n) is 15.2. The fourth-order valence-corrected chi connectivity index (χ4v) is 7.31. The summed E-state index contributed by atoms with van der Waals surface area (Å²) in [4.78, 5) is 4.77. The fourth-order valence-electron chi connectivity index (χ4n) is 7.31. The Morgan fingerprint density at radius 1 is 0.600 bits per heavy atom. The van der Waals surface area contributed by atoms with Crippen LogP contribution in [0.5, 0.6) is 0 Å². The molecule has 1 aliphatic rings. The predicted octanol–water partition coefficient (Wildman–Crippen LogP) is 10.8. The Kier molecular flexibility index (Phi) is 6.39. The van der Waals surface area contributed by atoms with Gasteiger partial charge in [0.05, 0.1) is 16.7 Å². The van der Waals surface area contributed by atoms with Crippen molar-refractivity contribution < 1.29 is 20.1 Å². The van der Waals surface area contributed by atoms with Gasteiger partial charge in [0, 0.05) is 42.5 Å². The van der Waals surface area contributed by atoms with Gasteiger partial charge in [0.15, 0.2) is 0 Å². The van der Waals surface area contributed by atoms with Crippen LogP contribution in [-0.4, -0.2) is 9.55 Å². The molecule has 2 nitrogen and oxygen atoms in total. The monoisotopic (exact) mass is 754 g/mol. The molecule has 0 unspecified atom stereocenters. The zero-order chi connectivity index (χ0) is 29.4. The number of pyridine rings is 1. The van der Waals surface area contributed by atoms with Crippen molar-refractivity contribution in [2.45, 2.75) is 19.3 Å². The number of para-hydroxylation sites is 1. The Balaban J connectivity index is 0.00000300. The molecule has 0 atom stereocenters. The second kappa shape index (κ2) is 10.4. The molecular formula is C42H29IrN2-. The van der Waals surface area contributed by atoms with Gasteiger partial charge in [0.1, 0.15) is 0 Å². The van der Waals surface area contributed by atoms with Gasteiger partial charge in [0.2, 0.25) is 0 Å². The molecule has 1 radical (unpaired) electrons. The molecular weight excluding hydrogens is 725 g/mol. The summed E-state index contributed by atoms with van der Waals surface area (Å²) in [5.74, 6) is 0. The molecule has 0 saturated carbocycles. The molecule has 9 rings (SSSR count). The zero-order valence-corrected chi connectivity index (χ0v) is 27.4. The van der Waals surface area contributed by atoms with Crippen molar-refractivity contribution in [1.82, 2.24) is 9.55 Å². The SMILES string of the molecule is CC1(C)c2ccccc2-n2c3ccc(-c4cc[c-]c(-c5nccc6ccccc56)c4)cc3c3cc(-c4ccccc4)cc1c32.[Ir]. The number of hydrogen-bond donors (Lipinski definition) is 0. The molecule has 0 spiro atoms. The Labute approximate surface area is 276 Å². The zero-order valence-electron chi connectivity index (χ0n) is 25.0. The Morgan fingerprint density at radius 2 is 1.36 bits per heavy atom. The second-order valence-corrected chi connectivity index (χ2v) is 12.4. The molecule has 8 aromatic rings. The summed E-state index contributed by atoms with van der Waals surface area (Å²) in [5.41, 5.74) is 13.2. The average molecular weight is 754 g/mol. The summed E-state index contributed by atoms with van der Waals surface area (Å²) >= 11 is 0. The van der Waals surface area contributed by atoms with E-state index in [1.54, 1.807) is 0 Å². The van der Waals surface area contributed by atoms with Gasteiger partial charge < -0.3 is 9.55 Å². The third kappa shape index (κ3) is 4.15. The molecule has 1 aliphatic heterocycles. The van der Waals surface area contributed by atoms with E-state index >= 15 is 0 Å². The summed E-state index contributed by atoms with van der Waals surface area (Å²) in [6.45, 7) is 4.73. The van der Waals surface area contributed by atoms with Gasteiger partial charge in [-0.25, -0.2) is 0 Å². The van der Waals surface area contributed by atoms with Crippen LogP contribution in [0.3, 0.4) is 0 Å². The summed E-state index contributed by atoms with van der Waals surface area (Å²) in [6.07, 6.45) is 1.89. The first-order chi connectivity index (χ1) is 21.6. The minimum Gasteiger partial charge on any atom is -0.309 e. The summed E-state index contributed by atoms with van der Waals surface area (Å²) in [7, 11) is 0. The number of fused-ring (bicyclic) bond motifs is 6. The van der Waals surface area contributed by atoms with Crippen LogP contribution in [0.1, 0.15) is 25.0 Å². The third-order valence-corrected chi connectivity index (χ3v) is 9.52. The molecule has 0 amide bonds. The van der Waals surface area contributed by atoms with Crippen LogP contribution in [0.25, 0.3) is 71.8 Å². The molecule has 0 fully saturated rings.